The van der Waals surface area contributed by atoms with Crippen molar-refractivity contribution in [2.24, 2.45) is 0 Å². The van der Waals surface area contributed by atoms with Gasteiger partial charge in [0.25, 0.3) is 0 Å². The first-order valence-corrected chi connectivity index (χ1v) is 12.4. The Morgan fingerprint density at radius 2 is 1.86 bits per heavy atom. The van der Waals surface area contributed by atoms with Gasteiger partial charge in [0.15, 0.2) is 0 Å². The van der Waals surface area contributed by atoms with Crippen molar-refractivity contribution >= 4 is 23.1 Å². The molecule has 0 bridgehead atoms. The number of anilines is 3. The van der Waals surface area contributed by atoms with E-state index in [9.17, 15) is 4.79 Å². The van der Waals surface area contributed by atoms with Gasteiger partial charge >= 0.3 is 6.03 Å². The van der Waals surface area contributed by atoms with E-state index in [1.807, 2.05) is 24.4 Å². The van der Waals surface area contributed by atoms with Crippen LogP contribution < -0.4 is 20.3 Å². The molecule has 1 saturated carbocycles. The van der Waals surface area contributed by atoms with Crippen LogP contribution in [0.4, 0.5) is 21.9 Å². The highest BCUT2D eigenvalue weighted by atomic mass is 16.5. The van der Waals surface area contributed by atoms with Gasteiger partial charge in [-0.3, -0.25) is 4.90 Å². The number of likely N-dealkylation sites (N-methyl/N-ethyl adjacent to an activating group) is 1. The van der Waals surface area contributed by atoms with Crippen LogP contribution in [-0.2, 0) is 6.54 Å². The minimum atomic E-state index is -0.300. The maximum atomic E-state index is 12.4. The normalized spacial score (nSPS) is 18.2. The summed E-state index contributed by atoms with van der Waals surface area (Å²) in [4.78, 5) is 28.8. The second kappa shape index (κ2) is 10.8. The van der Waals surface area contributed by atoms with Crippen LogP contribution in [-0.4, -0.2) is 58.2 Å². The summed E-state index contributed by atoms with van der Waals surface area (Å²) in [5.74, 6) is 0.607. The van der Waals surface area contributed by atoms with Gasteiger partial charge in [-0.25, -0.2) is 14.8 Å². The third-order valence-corrected chi connectivity index (χ3v) is 6.84. The number of rotatable bonds is 8. The fourth-order valence-corrected chi connectivity index (χ4v) is 4.85. The molecule has 1 atom stereocenters. The lowest BCUT2D eigenvalue weighted by atomic mass is 10.2. The van der Waals surface area contributed by atoms with E-state index in [0.717, 1.165) is 56.0 Å². The average Bonchev–Trinajstić information content (AvgIpc) is 3.64. The first-order chi connectivity index (χ1) is 17.1. The molecule has 2 aliphatic rings. The lowest BCUT2D eigenvalue weighted by molar-refractivity contribution is 0.201. The SMILES string of the molecule is CN(Cc1cnc[nH]1)C1CCN(c2ccc(NC(=O)Nc3ccc(OC4CCCC4)nc3)cc2)C1. The van der Waals surface area contributed by atoms with Crippen molar-refractivity contribution in [1.29, 1.82) is 0 Å². The van der Waals surface area contributed by atoms with Gasteiger partial charge in [-0.05, 0) is 69.5 Å². The zero-order valence-corrected chi connectivity index (χ0v) is 20.1. The Bertz CT molecular complexity index is 1080. The number of imidazole rings is 1. The number of hydrogen-bond donors (Lipinski definition) is 3. The molecule has 0 radical (unpaired) electrons. The number of carbonyl (C=O) groups is 1. The van der Waals surface area contributed by atoms with E-state index in [4.69, 9.17) is 4.74 Å². The van der Waals surface area contributed by atoms with Crippen molar-refractivity contribution in [3.63, 3.8) is 0 Å². The van der Waals surface area contributed by atoms with Crippen LogP contribution >= 0.6 is 0 Å². The Kier molecular flexibility index (Phi) is 7.13. The molecule has 5 rings (SSSR count). The molecule has 35 heavy (non-hydrogen) atoms. The predicted octanol–water partition coefficient (Wildman–Crippen LogP) is 4.48. The van der Waals surface area contributed by atoms with Crippen LogP contribution in [0.3, 0.4) is 0 Å². The molecule has 3 N–H and O–H groups in total. The zero-order chi connectivity index (χ0) is 24.0. The molecule has 2 aromatic heterocycles. The molecule has 9 nitrogen and oxygen atoms in total. The van der Waals surface area contributed by atoms with Gasteiger partial charge in [-0.15, -0.1) is 0 Å². The summed E-state index contributed by atoms with van der Waals surface area (Å²) in [7, 11) is 2.16. The van der Waals surface area contributed by atoms with Crippen molar-refractivity contribution in [1.82, 2.24) is 19.9 Å². The Morgan fingerprint density at radius 3 is 2.57 bits per heavy atom. The highest BCUT2D eigenvalue weighted by Gasteiger charge is 2.26. The molecule has 184 valence electrons. The summed E-state index contributed by atoms with van der Waals surface area (Å²) in [6.07, 6.45) is 11.2. The first-order valence-electron chi connectivity index (χ1n) is 12.4. The van der Waals surface area contributed by atoms with Gasteiger partial charge < -0.3 is 25.3 Å². The molecule has 9 heteroatoms. The molecule has 3 heterocycles. The number of hydrogen-bond acceptors (Lipinski definition) is 6. The quantitative estimate of drug-likeness (QED) is 0.444. The molecule has 1 aliphatic carbocycles. The van der Waals surface area contributed by atoms with Crippen molar-refractivity contribution in [3.8, 4) is 5.88 Å². The van der Waals surface area contributed by atoms with E-state index >= 15 is 0 Å². The lowest BCUT2D eigenvalue weighted by Crippen LogP contribution is -2.34. The molecule has 3 aromatic rings. The number of pyridine rings is 1. The van der Waals surface area contributed by atoms with Crippen LogP contribution in [0.2, 0.25) is 0 Å². The fraction of sp³-hybridized carbons (Fsp3) is 0.423. The first kappa shape index (κ1) is 23.2. The van der Waals surface area contributed by atoms with Crippen LogP contribution in [0.5, 0.6) is 5.88 Å². The van der Waals surface area contributed by atoms with Crippen LogP contribution in [0.1, 0.15) is 37.8 Å². The standard InChI is InChI=1S/C26H33N7O2/c1-32(16-21-14-27-18-29-21)23-12-13-33(17-23)22-9-6-19(7-10-22)30-26(34)31-20-8-11-25(28-15-20)35-24-4-2-3-5-24/h6-11,14-15,18,23-24H,2-5,12-13,16-17H2,1H3,(H,27,29)(H2,30,31,34). The summed E-state index contributed by atoms with van der Waals surface area (Å²) >= 11 is 0. The van der Waals surface area contributed by atoms with Gasteiger partial charge in [0, 0.05) is 55.0 Å². The van der Waals surface area contributed by atoms with Gasteiger partial charge in [-0.1, -0.05) is 0 Å². The summed E-state index contributed by atoms with van der Waals surface area (Å²) in [5.41, 5.74) is 3.66. The third kappa shape index (κ3) is 6.10. The number of H-pyrrole nitrogens is 1. The van der Waals surface area contributed by atoms with Crippen molar-refractivity contribution in [3.05, 3.63) is 60.8 Å². The summed E-state index contributed by atoms with van der Waals surface area (Å²) in [5, 5.41) is 5.71. The number of carbonyl (C=O) groups excluding carboxylic acids is 1. The zero-order valence-electron chi connectivity index (χ0n) is 20.1. The minimum Gasteiger partial charge on any atom is -0.474 e. The molecular formula is C26H33N7O2. The van der Waals surface area contributed by atoms with E-state index < -0.39 is 0 Å². The van der Waals surface area contributed by atoms with E-state index in [-0.39, 0.29) is 12.1 Å². The predicted molar refractivity (Wildman–Crippen MR) is 137 cm³/mol. The second-order valence-electron chi connectivity index (χ2n) is 9.42. The largest absolute Gasteiger partial charge is 0.474 e. The summed E-state index contributed by atoms with van der Waals surface area (Å²) < 4.78 is 5.88. The highest BCUT2D eigenvalue weighted by molar-refractivity contribution is 5.99. The topological polar surface area (TPSA) is 98.4 Å². The maximum Gasteiger partial charge on any atom is 0.323 e. The Labute approximate surface area is 205 Å². The molecule has 2 fully saturated rings. The fourth-order valence-electron chi connectivity index (χ4n) is 4.85. The molecule has 2 amide bonds. The maximum absolute atomic E-state index is 12.4. The molecule has 1 saturated heterocycles. The number of aromatic nitrogens is 3. The molecule has 0 spiro atoms. The smallest absolute Gasteiger partial charge is 0.323 e. The van der Waals surface area contributed by atoms with E-state index in [0.29, 0.717) is 17.6 Å². The Hall–Kier alpha value is -3.59. The monoisotopic (exact) mass is 475 g/mol. The molecule has 1 aromatic carbocycles. The van der Waals surface area contributed by atoms with Crippen LogP contribution in [0.15, 0.2) is 55.1 Å². The lowest BCUT2D eigenvalue weighted by Gasteiger charge is -2.25. The average molecular weight is 476 g/mol. The Morgan fingerprint density at radius 1 is 1.09 bits per heavy atom. The van der Waals surface area contributed by atoms with Crippen molar-refractivity contribution in [2.45, 2.75) is 50.8 Å². The number of amides is 2. The van der Waals surface area contributed by atoms with E-state index in [2.05, 4.69) is 54.6 Å². The number of nitrogens with one attached hydrogen (secondary N) is 3. The second-order valence-corrected chi connectivity index (χ2v) is 9.42. The van der Waals surface area contributed by atoms with Crippen LogP contribution in [0.25, 0.3) is 0 Å². The Balaban J connectivity index is 1.09. The molecule has 1 unspecified atom stereocenters. The van der Waals surface area contributed by atoms with Crippen molar-refractivity contribution < 1.29 is 9.53 Å². The molecular weight excluding hydrogens is 442 g/mol. The van der Waals surface area contributed by atoms with E-state index in [1.165, 1.54) is 12.8 Å². The van der Waals surface area contributed by atoms with Crippen LogP contribution in [0, 0.1) is 0 Å². The summed E-state index contributed by atoms with van der Waals surface area (Å²) in [6, 6.07) is 11.8. The number of urea groups is 1. The van der Waals surface area contributed by atoms with Gasteiger partial charge in [0.1, 0.15) is 6.10 Å². The number of aromatic amines is 1. The molecule has 1 aliphatic heterocycles. The highest BCUT2D eigenvalue weighted by Crippen LogP contribution is 2.25. The van der Waals surface area contributed by atoms with Crippen molar-refractivity contribution in [2.75, 3.05) is 35.7 Å². The minimum absolute atomic E-state index is 0.266. The number of nitrogens with zero attached hydrogens (tertiary/aromatic N) is 4. The number of ether oxygens (including phenoxy) is 1. The van der Waals surface area contributed by atoms with E-state index in [1.54, 1.807) is 18.6 Å². The van der Waals surface area contributed by atoms with Gasteiger partial charge in [0.05, 0.1) is 18.2 Å². The summed E-state index contributed by atoms with van der Waals surface area (Å²) in [6.45, 7) is 2.85. The third-order valence-electron chi connectivity index (χ3n) is 6.84. The van der Waals surface area contributed by atoms with Gasteiger partial charge in [0.2, 0.25) is 5.88 Å². The van der Waals surface area contributed by atoms with Gasteiger partial charge in [-0.2, -0.15) is 0 Å². The number of benzene rings is 1.